The second-order valence-corrected chi connectivity index (χ2v) is 6.64. The van der Waals surface area contributed by atoms with Gasteiger partial charge in [0.2, 0.25) is 0 Å². The quantitative estimate of drug-likeness (QED) is 0.542. The van der Waals surface area contributed by atoms with Crippen molar-refractivity contribution in [1.29, 1.82) is 5.26 Å². The summed E-state index contributed by atoms with van der Waals surface area (Å²) < 4.78 is 31.3. The molecule has 1 aliphatic carbocycles. The highest BCUT2D eigenvalue weighted by atomic mass is 19.3. The van der Waals surface area contributed by atoms with Crippen LogP contribution in [0.5, 0.6) is 5.75 Å². The lowest BCUT2D eigenvalue weighted by atomic mass is 10.1. The molecular formula is C20H18F2N4O. The summed E-state index contributed by atoms with van der Waals surface area (Å²) >= 11 is 0. The fourth-order valence-electron chi connectivity index (χ4n) is 3.40. The second kappa shape index (κ2) is 6.56. The summed E-state index contributed by atoms with van der Waals surface area (Å²) in [6, 6.07) is 14.9. The van der Waals surface area contributed by atoms with Gasteiger partial charge in [-0.1, -0.05) is 12.1 Å². The van der Waals surface area contributed by atoms with Crippen molar-refractivity contribution in [3.8, 4) is 23.1 Å². The summed E-state index contributed by atoms with van der Waals surface area (Å²) in [5, 5.41) is 12.1. The van der Waals surface area contributed by atoms with Gasteiger partial charge in [0, 0.05) is 24.5 Å². The monoisotopic (exact) mass is 368 g/mol. The first kappa shape index (κ1) is 17.3. The van der Waals surface area contributed by atoms with E-state index in [-0.39, 0.29) is 5.75 Å². The molecule has 0 radical (unpaired) electrons. The third kappa shape index (κ3) is 3.09. The van der Waals surface area contributed by atoms with E-state index in [1.807, 2.05) is 28.8 Å². The molecule has 7 heteroatoms. The first-order valence-electron chi connectivity index (χ1n) is 8.61. The van der Waals surface area contributed by atoms with Crippen molar-refractivity contribution in [1.82, 2.24) is 4.57 Å². The van der Waals surface area contributed by atoms with Crippen LogP contribution in [0.4, 0.5) is 14.5 Å². The Morgan fingerprint density at radius 3 is 2.52 bits per heavy atom. The number of benzene rings is 2. The molecule has 138 valence electrons. The number of aryl methyl sites for hydroxylation is 1. The molecule has 1 fully saturated rings. The van der Waals surface area contributed by atoms with Crippen LogP contribution in [0.25, 0.3) is 22.2 Å². The van der Waals surface area contributed by atoms with Gasteiger partial charge in [0.1, 0.15) is 11.8 Å². The predicted octanol–water partition coefficient (Wildman–Crippen LogP) is 4.16. The lowest BCUT2D eigenvalue weighted by Crippen LogP contribution is -2.32. The van der Waals surface area contributed by atoms with Gasteiger partial charge in [-0.3, -0.25) is 0 Å². The van der Waals surface area contributed by atoms with Crippen LogP contribution in [-0.4, -0.2) is 17.2 Å². The number of ether oxygens (including phenoxy) is 1. The molecule has 0 saturated heterocycles. The molecule has 2 N–H and O–H groups in total. The number of hydrogen-bond donors (Lipinski definition) is 1. The van der Waals surface area contributed by atoms with E-state index in [1.165, 1.54) is 12.1 Å². The number of aromatic nitrogens is 1. The number of nitriles is 1. The van der Waals surface area contributed by atoms with Gasteiger partial charge in [0.15, 0.2) is 0 Å². The predicted molar refractivity (Wildman–Crippen MR) is 99.4 cm³/mol. The zero-order valence-corrected chi connectivity index (χ0v) is 14.7. The number of halogens is 2. The number of alkyl halides is 2. The lowest BCUT2D eigenvalue weighted by Gasteiger charge is -2.18. The molecular weight excluding hydrogens is 350 g/mol. The topological polar surface area (TPSA) is 67.2 Å². The Kier molecular flexibility index (Phi) is 4.21. The normalized spacial score (nSPS) is 13.8. The van der Waals surface area contributed by atoms with Crippen LogP contribution in [0.15, 0.2) is 42.5 Å². The minimum Gasteiger partial charge on any atom is -0.435 e. The zero-order valence-electron chi connectivity index (χ0n) is 14.7. The Morgan fingerprint density at radius 1 is 1.22 bits per heavy atom. The molecule has 0 bridgehead atoms. The van der Waals surface area contributed by atoms with Crippen molar-refractivity contribution in [3.05, 3.63) is 48.0 Å². The standard InChI is InChI=1S/C20H18F2N4O/c1-25-18-10-15(27-20(21)22)8-9-16(18)17(11-23)19(25)12-2-4-13(5-3-12)26(24)14-6-7-14/h2-5,8-10,14,20H,6-7,24H2,1H3. The van der Waals surface area contributed by atoms with E-state index in [0.29, 0.717) is 22.5 Å². The minimum absolute atomic E-state index is 0.0627. The van der Waals surface area contributed by atoms with Crippen molar-refractivity contribution in [3.63, 3.8) is 0 Å². The van der Waals surface area contributed by atoms with Gasteiger partial charge in [-0.2, -0.15) is 14.0 Å². The zero-order chi connectivity index (χ0) is 19.1. The van der Waals surface area contributed by atoms with Crippen LogP contribution in [0.2, 0.25) is 0 Å². The van der Waals surface area contributed by atoms with E-state index < -0.39 is 6.61 Å². The van der Waals surface area contributed by atoms with Crippen molar-refractivity contribution in [2.45, 2.75) is 25.5 Å². The molecule has 1 aliphatic rings. The van der Waals surface area contributed by atoms with Gasteiger partial charge in [0.05, 0.1) is 22.5 Å². The number of anilines is 1. The maximum Gasteiger partial charge on any atom is 0.387 e. The average Bonchev–Trinajstić information content (AvgIpc) is 3.46. The summed E-state index contributed by atoms with van der Waals surface area (Å²) in [5.41, 5.74) is 3.65. The minimum atomic E-state index is -2.89. The Morgan fingerprint density at radius 2 is 1.93 bits per heavy atom. The molecule has 5 nitrogen and oxygen atoms in total. The first-order chi connectivity index (χ1) is 13.0. The lowest BCUT2D eigenvalue weighted by molar-refractivity contribution is -0.0497. The van der Waals surface area contributed by atoms with Gasteiger partial charge in [-0.25, -0.2) is 5.84 Å². The van der Waals surface area contributed by atoms with Crippen LogP contribution < -0.4 is 15.6 Å². The SMILES string of the molecule is Cn1c(-c2ccc(N(N)C3CC3)cc2)c(C#N)c2ccc(OC(F)F)cc21. The van der Waals surface area contributed by atoms with Gasteiger partial charge < -0.3 is 14.3 Å². The molecule has 3 aromatic rings. The Balaban J connectivity index is 1.78. The molecule has 0 atom stereocenters. The molecule has 0 spiro atoms. The molecule has 1 saturated carbocycles. The smallest absolute Gasteiger partial charge is 0.387 e. The summed E-state index contributed by atoms with van der Waals surface area (Å²) in [7, 11) is 1.80. The number of nitrogens with two attached hydrogens (primary N) is 1. The van der Waals surface area contributed by atoms with Crippen molar-refractivity contribution in [2.75, 3.05) is 5.01 Å². The number of hydrogen-bond acceptors (Lipinski definition) is 4. The fourth-order valence-corrected chi connectivity index (χ4v) is 3.40. The summed E-state index contributed by atoms with van der Waals surface area (Å²) in [5.74, 6) is 6.16. The third-order valence-electron chi connectivity index (χ3n) is 4.89. The maximum atomic E-state index is 12.5. The number of rotatable bonds is 5. The molecule has 0 amide bonds. The molecule has 1 aromatic heterocycles. The molecule has 0 aliphatic heterocycles. The second-order valence-electron chi connectivity index (χ2n) is 6.64. The largest absolute Gasteiger partial charge is 0.435 e. The summed E-state index contributed by atoms with van der Waals surface area (Å²) in [6.07, 6.45) is 2.20. The van der Waals surface area contributed by atoms with Gasteiger partial charge in [-0.15, -0.1) is 0 Å². The fraction of sp³-hybridized carbons (Fsp3) is 0.250. The van der Waals surface area contributed by atoms with E-state index in [1.54, 1.807) is 18.1 Å². The van der Waals surface area contributed by atoms with Crippen LogP contribution in [0, 0.1) is 11.3 Å². The van der Waals surface area contributed by atoms with Gasteiger partial charge in [-0.05, 0) is 42.7 Å². The van der Waals surface area contributed by atoms with Crippen molar-refractivity contribution >= 4 is 16.6 Å². The summed E-state index contributed by atoms with van der Waals surface area (Å²) in [6.45, 7) is -2.89. The third-order valence-corrected chi connectivity index (χ3v) is 4.89. The molecule has 2 aromatic carbocycles. The van der Waals surface area contributed by atoms with Gasteiger partial charge >= 0.3 is 6.61 Å². The van der Waals surface area contributed by atoms with Crippen LogP contribution in [-0.2, 0) is 7.05 Å². The van der Waals surface area contributed by atoms with E-state index in [2.05, 4.69) is 10.8 Å². The number of fused-ring (bicyclic) bond motifs is 1. The highest BCUT2D eigenvalue weighted by Gasteiger charge is 2.27. The first-order valence-corrected chi connectivity index (χ1v) is 8.61. The maximum absolute atomic E-state index is 12.5. The van der Waals surface area contributed by atoms with Crippen LogP contribution in [0.1, 0.15) is 18.4 Å². The van der Waals surface area contributed by atoms with Crippen molar-refractivity contribution in [2.24, 2.45) is 12.9 Å². The Hall–Kier alpha value is -3.11. The van der Waals surface area contributed by atoms with Crippen LogP contribution >= 0.6 is 0 Å². The van der Waals surface area contributed by atoms with E-state index in [4.69, 9.17) is 5.84 Å². The molecule has 0 unspecified atom stereocenters. The number of nitrogens with zero attached hydrogens (tertiary/aromatic N) is 3. The van der Waals surface area contributed by atoms with Gasteiger partial charge in [0.25, 0.3) is 0 Å². The summed E-state index contributed by atoms with van der Waals surface area (Å²) in [4.78, 5) is 0. The molecule has 27 heavy (non-hydrogen) atoms. The number of hydrazine groups is 1. The van der Waals surface area contributed by atoms with E-state index in [0.717, 1.165) is 29.8 Å². The van der Waals surface area contributed by atoms with Crippen molar-refractivity contribution < 1.29 is 13.5 Å². The highest BCUT2D eigenvalue weighted by Crippen LogP contribution is 2.36. The Bertz CT molecular complexity index is 1030. The van der Waals surface area contributed by atoms with E-state index >= 15 is 0 Å². The Labute approximate surface area is 155 Å². The molecule has 1 heterocycles. The average molecular weight is 368 g/mol. The van der Waals surface area contributed by atoms with E-state index in [9.17, 15) is 14.0 Å². The van der Waals surface area contributed by atoms with Crippen LogP contribution in [0.3, 0.4) is 0 Å². The highest BCUT2D eigenvalue weighted by molar-refractivity contribution is 5.95. The molecule has 4 rings (SSSR count).